The van der Waals surface area contributed by atoms with E-state index < -0.39 is 0 Å². The fraction of sp³-hybridized carbons (Fsp3) is 0.0714. The van der Waals surface area contributed by atoms with E-state index in [0.717, 1.165) is 34.5 Å². The Balaban J connectivity index is 2.01. The lowest BCUT2D eigenvalue weighted by Crippen LogP contribution is -2.05. The molecule has 3 heteroatoms. The Hall–Kier alpha value is -2.29. The van der Waals surface area contributed by atoms with E-state index in [0.29, 0.717) is 0 Å². The maximum atomic E-state index is 4.67. The number of fused-ring (bicyclic) bond motifs is 3. The van der Waals surface area contributed by atoms with Gasteiger partial charge in [0.25, 0.3) is 0 Å². The fourth-order valence-electron chi connectivity index (χ4n) is 2.26. The average molecular weight is 219 g/mol. The van der Waals surface area contributed by atoms with Gasteiger partial charge in [0.1, 0.15) is 0 Å². The summed E-state index contributed by atoms with van der Waals surface area (Å²) in [5.74, 6) is 0. The highest BCUT2D eigenvalue weighted by atomic mass is 14.9. The van der Waals surface area contributed by atoms with Gasteiger partial charge in [-0.3, -0.25) is 4.99 Å². The molecule has 2 aromatic rings. The van der Waals surface area contributed by atoms with Crippen LogP contribution in [0.1, 0.15) is 11.4 Å². The Kier molecular flexibility index (Phi) is 1.61. The zero-order valence-electron chi connectivity index (χ0n) is 9.09. The van der Waals surface area contributed by atoms with Gasteiger partial charge in [-0.05, 0) is 29.9 Å². The zero-order chi connectivity index (χ0) is 11.2. The molecule has 0 radical (unpaired) electrons. The van der Waals surface area contributed by atoms with Crippen LogP contribution in [0.15, 0.2) is 46.6 Å². The Bertz CT molecular complexity index is 723. The van der Waals surface area contributed by atoms with Crippen LogP contribution in [0.2, 0.25) is 0 Å². The number of hydrogen-bond acceptors (Lipinski definition) is 3. The molecule has 1 aromatic carbocycles. The van der Waals surface area contributed by atoms with Crippen LogP contribution in [-0.2, 0) is 6.42 Å². The fourth-order valence-corrected chi connectivity index (χ4v) is 2.26. The summed E-state index contributed by atoms with van der Waals surface area (Å²) in [7, 11) is 0. The smallest absolute Gasteiger partial charge is 0.0894 e. The number of benzene rings is 1. The second-order valence-corrected chi connectivity index (χ2v) is 4.22. The van der Waals surface area contributed by atoms with Crippen LogP contribution in [0.5, 0.6) is 0 Å². The summed E-state index contributed by atoms with van der Waals surface area (Å²) in [4.78, 5) is 13.6. The maximum Gasteiger partial charge on any atom is 0.0894 e. The van der Waals surface area contributed by atoms with E-state index in [1.54, 1.807) is 0 Å². The molecule has 80 valence electrons. The van der Waals surface area contributed by atoms with Gasteiger partial charge in [0.05, 0.1) is 28.1 Å². The molecule has 3 nitrogen and oxygen atoms in total. The second kappa shape index (κ2) is 3.10. The molecule has 0 saturated carbocycles. The normalized spacial score (nSPS) is 16.5. The molecule has 4 rings (SSSR count). The first-order chi connectivity index (χ1) is 8.40. The number of nitrogens with zero attached hydrogens (tertiary/aromatic N) is 3. The molecule has 1 aliphatic heterocycles. The van der Waals surface area contributed by atoms with Gasteiger partial charge in [0.15, 0.2) is 0 Å². The number of aliphatic imine (C=N–C) groups is 1. The molecule has 17 heavy (non-hydrogen) atoms. The van der Waals surface area contributed by atoms with Crippen molar-refractivity contribution in [2.75, 3.05) is 0 Å². The molecule has 0 N–H and O–H groups in total. The van der Waals surface area contributed by atoms with Gasteiger partial charge < -0.3 is 0 Å². The van der Waals surface area contributed by atoms with E-state index in [2.05, 4.69) is 15.0 Å². The molecular weight excluding hydrogens is 210 g/mol. The predicted molar refractivity (Wildman–Crippen MR) is 67.8 cm³/mol. The van der Waals surface area contributed by atoms with Gasteiger partial charge in [-0.2, -0.15) is 0 Å². The van der Waals surface area contributed by atoms with Crippen LogP contribution >= 0.6 is 0 Å². The highest BCUT2D eigenvalue weighted by Gasteiger charge is 2.19. The molecule has 0 saturated heterocycles. The van der Waals surface area contributed by atoms with Gasteiger partial charge in [-0.1, -0.05) is 12.1 Å². The lowest BCUT2D eigenvalue weighted by molar-refractivity contribution is 1.02. The van der Waals surface area contributed by atoms with Gasteiger partial charge in [-0.15, -0.1) is 0 Å². The van der Waals surface area contributed by atoms with Crippen molar-refractivity contribution < 1.29 is 0 Å². The molecular formula is C14H9N3. The lowest BCUT2D eigenvalue weighted by atomic mass is 9.99. The predicted octanol–water partition coefficient (Wildman–Crippen LogP) is 2.54. The summed E-state index contributed by atoms with van der Waals surface area (Å²) in [6.07, 6.45) is 6.74. The third-order valence-electron chi connectivity index (χ3n) is 3.12. The van der Waals surface area contributed by atoms with Crippen LogP contribution in [0, 0.1) is 0 Å². The molecule has 0 spiro atoms. The van der Waals surface area contributed by atoms with E-state index in [1.807, 2.05) is 42.6 Å². The molecule has 0 fully saturated rings. The lowest BCUT2D eigenvalue weighted by Gasteiger charge is -2.13. The Morgan fingerprint density at radius 1 is 1.00 bits per heavy atom. The van der Waals surface area contributed by atoms with E-state index in [-0.39, 0.29) is 0 Å². The van der Waals surface area contributed by atoms with Crippen molar-refractivity contribution >= 4 is 23.3 Å². The minimum absolute atomic E-state index is 0.832. The minimum atomic E-state index is 0.832. The number of rotatable bonds is 0. The van der Waals surface area contributed by atoms with Crippen molar-refractivity contribution in [1.82, 2.24) is 9.97 Å². The van der Waals surface area contributed by atoms with E-state index in [1.165, 1.54) is 5.57 Å². The Labute approximate surface area is 98.2 Å². The van der Waals surface area contributed by atoms with Gasteiger partial charge in [0, 0.05) is 12.6 Å². The standard InChI is InChI=1S/C14H9N3/c1-2-4-11-10(3-1)16-13-7-9-5-6-15-12(9)8-14(13)17-11/h1-6,8H,7H2. The zero-order valence-corrected chi connectivity index (χ0v) is 9.09. The molecule has 2 aliphatic rings. The van der Waals surface area contributed by atoms with Crippen LogP contribution in [0.3, 0.4) is 0 Å². The van der Waals surface area contributed by atoms with Crippen LogP contribution in [0.4, 0.5) is 0 Å². The highest BCUT2D eigenvalue weighted by Crippen LogP contribution is 2.29. The molecule has 0 atom stereocenters. The van der Waals surface area contributed by atoms with Crippen molar-refractivity contribution in [3.63, 3.8) is 0 Å². The van der Waals surface area contributed by atoms with Crippen LogP contribution in [0.25, 0.3) is 17.1 Å². The summed E-state index contributed by atoms with van der Waals surface area (Å²) < 4.78 is 0. The van der Waals surface area contributed by atoms with Crippen molar-refractivity contribution in [1.29, 1.82) is 0 Å². The first-order valence-electron chi connectivity index (χ1n) is 5.61. The van der Waals surface area contributed by atoms with Crippen molar-refractivity contribution in [3.8, 4) is 0 Å². The Morgan fingerprint density at radius 3 is 2.71 bits per heavy atom. The SMILES string of the molecule is C1=NC2=Cc3nc4ccccc4nc3CC2=C1. The number of para-hydroxylation sites is 2. The van der Waals surface area contributed by atoms with Crippen molar-refractivity contribution in [2.45, 2.75) is 6.42 Å². The number of hydrogen-bond donors (Lipinski definition) is 0. The first kappa shape index (κ1) is 8.82. The van der Waals surface area contributed by atoms with Crippen LogP contribution in [-0.4, -0.2) is 16.2 Å². The largest absolute Gasteiger partial charge is 0.257 e. The molecule has 0 amide bonds. The summed E-state index contributed by atoms with van der Waals surface area (Å²) in [5, 5.41) is 0. The molecule has 1 aromatic heterocycles. The average Bonchev–Trinajstić information content (AvgIpc) is 2.80. The van der Waals surface area contributed by atoms with Gasteiger partial charge in [0.2, 0.25) is 0 Å². The second-order valence-electron chi connectivity index (χ2n) is 4.22. The summed E-state index contributed by atoms with van der Waals surface area (Å²) >= 11 is 0. The number of aromatic nitrogens is 2. The maximum absolute atomic E-state index is 4.67. The van der Waals surface area contributed by atoms with Gasteiger partial charge in [-0.25, -0.2) is 9.97 Å². The monoisotopic (exact) mass is 219 g/mol. The van der Waals surface area contributed by atoms with E-state index >= 15 is 0 Å². The van der Waals surface area contributed by atoms with Crippen molar-refractivity contribution in [2.24, 2.45) is 4.99 Å². The van der Waals surface area contributed by atoms with E-state index in [4.69, 9.17) is 0 Å². The van der Waals surface area contributed by atoms with Crippen LogP contribution < -0.4 is 0 Å². The number of allylic oxidation sites excluding steroid dienone is 2. The summed E-state index contributed by atoms with van der Waals surface area (Å²) in [6.45, 7) is 0. The topological polar surface area (TPSA) is 38.1 Å². The van der Waals surface area contributed by atoms with Crippen molar-refractivity contribution in [3.05, 3.63) is 53.0 Å². The Morgan fingerprint density at radius 2 is 1.82 bits per heavy atom. The molecule has 2 heterocycles. The quantitative estimate of drug-likeness (QED) is 0.682. The summed E-state index contributed by atoms with van der Waals surface area (Å²) in [5.41, 5.74) is 6.17. The molecule has 1 aliphatic carbocycles. The van der Waals surface area contributed by atoms with Gasteiger partial charge >= 0.3 is 0 Å². The third-order valence-corrected chi connectivity index (χ3v) is 3.12. The third kappa shape index (κ3) is 1.25. The minimum Gasteiger partial charge on any atom is -0.257 e. The molecule has 0 unspecified atom stereocenters. The first-order valence-corrected chi connectivity index (χ1v) is 5.61. The van der Waals surface area contributed by atoms with E-state index in [9.17, 15) is 0 Å². The summed E-state index contributed by atoms with van der Waals surface area (Å²) in [6, 6.07) is 7.97. The highest BCUT2D eigenvalue weighted by molar-refractivity contribution is 5.84. The molecule has 0 bridgehead atoms.